The lowest BCUT2D eigenvalue weighted by molar-refractivity contribution is -0.149. The molecule has 1 aromatic rings. The summed E-state index contributed by atoms with van der Waals surface area (Å²) in [5.41, 5.74) is 0.495. The van der Waals surface area contributed by atoms with E-state index in [0.29, 0.717) is 32.0 Å². The molecule has 0 radical (unpaired) electrons. The molecule has 2 N–H and O–H groups in total. The van der Waals surface area contributed by atoms with Gasteiger partial charge in [0.1, 0.15) is 5.75 Å². The van der Waals surface area contributed by atoms with Crippen LogP contribution in [0.1, 0.15) is 44.1 Å². The molecular weight excluding hydrogens is 332 g/mol. The highest BCUT2D eigenvalue weighted by atomic mass is 16.5. The van der Waals surface area contributed by atoms with Crippen LogP contribution in [-0.4, -0.2) is 47.7 Å². The van der Waals surface area contributed by atoms with E-state index in [9.17, 15) is 14.7 Å². The number of amides is 2. The Morgan fingerprint density at radius 2 is 2.12 bits per heavy atom. The van der Waals surface area contributed by atoms with Crippen LogP contribution in [0.3, 0.4) is 0 Å². The third-order valence-electron chi connectivity index (χ3n) is 6.30. The van der Waals surface area contributed by atoms with Gasteiger partial charge in [0.2, 0.25) is 0 Å². The first-order valence-corrected chi connectivity index (χ1v) is 9.55. The van der Waals surface area contributed by atoms with Crippen LogP contribution < -0.4 is 10.1 Å². The van der Waals surface area contributed by atoms with Crippen molar-refractivity contribution in [3.05, 3.63) is 29.8 Å². The summed E-state index contributed by atoms with van der Waals surface area (Å²) in [6.45, 7) is 3.52. The van der Waals surface area contributed by atoms with Crippen molar-refractivity contribution < 1.29 is 19.4 Å². The van der Waals surface area contributed by atoms with E-state index in [4.69, 9.17) is 4.74 Å². The van der Waals surface area contributed by atoms with Crippen LogP contribution in [0.4, 0.5) is 4.79 Å². The Bertz CT molecular complexity index is 704. The van der Waals surface area contributed by atoms with Gasteiger partial charge in [-0.3, -0.25) is 4.79 Å². The maximum Gasteiger partial charge on any atom is 0.317 e. The van der Waals surface area contributed by atoms with E-state index < -0.39 is 11.4 Å². The number of carboxylic acids is 1. The Morgan fingerprint density at radius 1 is 1.35 bits per heavy atom. The number of nitrogens with one attached hydrogen (secondary N) is 1. The molecule has 0 bridgehead atoms. The van der Waals surface area contributed by atoms with Gasteiger partial charge in [-0.1, -0.05) is 18.6 Å². The standard InChI is InChI=1S/C20H26N2O4/c1-2-26-15-7-5-13(6-8-15)16-10-17(16)21-19(25)22-11-14-4-3-9-20(14,12-22)18(23)24/h5-8,14,16-17H,2-4,9-12H2,1H3,(H,21,25)(H,23,24)/t14-,16-,17+,20+/m0/s1. The molecule has 6 heteroatoms. The van der Waals surface area contributed by atoms with E-state index in [1.54, 1.807) is 4.90 Å². The molecule has 1 aliphatic heterocycles. The molecule has 3 fully saturated rings. The molecule has 140 valence electrons. The lowest BCUT2D eigenvalue weighted by atomic mass is 9.81. The first-order valence-electron chi connectivity index (χ1n) is 9.55. The molecule has 1 saturated heterocycles. The van der Waals surface area contributed by atoms with E-state index in [0.717, 1.165) is 25.0 Å². The third kappa shape index (κ3) is 2.91. The van der Waals surface area contributed by atoms with Crippen LogP contribution in [0, 0.1) is 11.3 Å². The highest BCUT2D eigenvalue weighted by Crippen LogP contribution is 2.49. The first kappa shape index (κ1) is 17.2. The minimum Gasteiger partial charge on any atom is -0.494 e. The molecule has 2 amide bonds. The van der Waals surface area contributed by atoms with E-state index in [2.05, 4.69) is 17.4 Å². The van der Waals surface area contributed by atoms with Crippen LogP contribution in [-0.2, 0) is 4.79 Å². The average Bonchev–Trinajstić information content (AvgIpc) is 3.09. The summed E-state index contributed by atoms with van der Waals surface area (Å²) in [6, 6.07) is 8.08. The summed E-state index contributed by atoms with van der Waals surface area (Å²) >= 11 is 0. The number of nitrogens with zero attached hydrogens (tertiary/aromatic N) is 1. The molecule has 0 unspecified atom stereocenters. The molecule has 1 aromatic carbocycles. The Morgan fingerprint density at radius 3 is 2.77 bits per heavy atom. The maximum absolute atomic E-state index is 12.6. The normalized spacial score (nSPS) is 32.2. The lowest BCUT2D eigenvalue weighted by Crippen LogP contribution is -2.42. The second-order valence-corrected chi connectivity index (χ2v) is 7.83. The average molecular weight is 358 g/mol. The number of likely N-dealkylation sites (tertiary alicyclic amines) is 1. The fourth-order valence-electron chi connectivity index (χ4n) is 4.74. The molecule has 26 heavy (non-hydrogen) atoms. The van der Waals surface area contributed by atoms with E-state index in [1.165, 1.54) is 5.56 Å². The third-order valence-corrected chi connectivity index (χ3v) is 6.30. The largest absolute Gasteiger partial charge is 0.494 e. The molecule has 4 rings (SSSR count). The van der Waals surface area contributed by atoms with Crippen LogP contribution in [0.2, 0.25) is 0 Å². The minimum absolute atomic E-state index is 0.104. The van der Waals surface area contributed by atoms with Crippen LogP contribution in [0.15, 0.2) is 24.3 Å². The Hall–Kier alpha value is -2.24. The van der Waals surface area contributed by atoms with Gasteiger partial charge in [-0.05, 0) is 49.8 Å². The summed E-state index contributed by atoms with van der Waals surface area (Å²) in [5, 5.41) is 12.7. The van der Waals surface area contributed by atoms with Crippen molar-refractivity contribution in [1.29, 1.82) is 0 Å². The Balaban J connectivity index is 1.33. The number of ether oxygens (including phenoxy) is 1. The van der Waals surface area contributed by atoms with E-state index in [1.807, 2.05) is 19.1 Å². The van der Waals surface area contributed by atoms with Crippen molar-refractivity contribution in [2.75, 3.05) is 19.7 Å². The lowest BCUT2D eigenvalue weighted by Gasteiger charge is -2.23. The number of rotatable bonds is 5. The quantitative estimate of drug-likeness (QED) is 0.848. The molecule has 2 saturated carbocycles. The molecule has 6 nitrogen and oxygen atoms in total. The van der Waals surface area contributed by atoms with Gasteiger partial charge < -0.3 is 20.1 Å². The minimum atomic E-state index is -0.742. The van der Waals surface area contributed by atoms with Gasteiger partial charge in [0.25, 0.3) is 0 Å². The summed E-state index contributed by atoms with van der Waals surface area (Å²) in [6.07, 6.45) is 3.49. The topological polar surface area (TPSA) is 78.9 Å². The Labute approximate surface area is 153 Å². The first-order chi connectivity index (χ1) is 12.5. The highest BCUT2D eigenvalue weighted by molar-refractivity contribution is 5.81. The van der Waals surface area contributed by atoms with Crippen LogP contribution in [0.25, 0.3) is 0 Å². The number of fused-ring (bicyclic) bond motifs is 1. The summed E-state index contributed by atoms with van der Waals surface area (Å²) in [7, 11) is 0. The van der Waals surface area contributed by atoms with Crippen molar-refractivity contribution in [3.63, 3.8) is 0 Å². The fraction of sp³-hybridized carbons (Fsp3) is 0.600. The van der Waals surface area contributed by atoms with Crippen molar-refractivity contribution >= 4 is 12.0 Å². The van der Waals surface area contributed by atoms with Gasteiger partial charge in [0.05, 0.1) is 12.0 Å². The predicted octanol–water partition coefficient (Wildman–Crippen LogP) is 2.84. The zero-order chi connectivity index (χ0) is 18.3. The van der Waals surface area contributed by atoms with Crippen molar-refractivity contribution in [3.8, 4) is 5.75 Å². The van der Waals surface area contributed by atoms with Crippen molar-refractivity contribution in [2.24, 2.45) is 11.3 Å². The fourth-order valence-corrected chi connectivity index (χ4v) is 4.74. The molecule has 3 aliphatic rings. The molecule has 0 spiro atoms. The van der Waals surface area contributed by atoms with Crippen molar-refractivity contribution in [1.82, 2.24) is 10.2 Å². The molecule has 1 heterocycles. The molecule has 4 atom stereocenters. The van der Waals surface area contributed by atoms with Gasteiger partial charge in [0, 0.05) is 25.0 Å². The number of hydrogen-bond acceptors (Lipinski definition) is 3. The summed E-state index contributed by atoms with van der Waals surface area (Å²) < 4.78 is 5.46. The van der Waals surface area contributed by atoms with Crippen LogP contribution in [0.5, 0.6) is 5.75 Å². The summed E-state index contributed by atoms with van der Waals surface area (Å²) in [5.74, 6) is 0.561. The molecule has 0 aromatic heterocycles. The number of hydrogen-bond donors (Lipinski definition) is 2. The van der Waals surface area contributed by atoms with Crippen molar-refractivity contribution in [2.45, 2.75) is 44.6 Å². The second kappa shape index (κ2) is 6.49. The number of aliphatic carboxylic acids is 1. The zero-order valence-corrected chi connectivity index (χ0v) is 15.1. The van der Waals surface area contributed by atoms with Gasteiger partial charge in [0.15, 0.2) is 0 Å². The highest BCUT2D eigenvalue weighted by Gasteiger charge is 2.56. The number of benzene rings is 1. The molecule has 2 aliphatic carbocycles. The zero-order valence-electron chi connectivity index (χ0n) is 15.1. The van der Waals surface area contributed by atoms with Crippen LogP contribution >= 0.6 is 0 Å². The SMILES string of the molecule is CCOc1ccc([C@@H]2C[C@H]2NC(=O)N2C[C@@H]3CCC[C@@]3(C(=O)O)C2)cc1. The summed E-state index contributed by atoms with van der Waals surface area (Å²) in [4.78, 5) is 26.1. The smallest absolute Gasteiger partial charge is 0.317 e. The van der Waals surface area contributed by atoms with Gasteiger partial charge >= 0.3 is 12.0 Å². The monoisotopic (exact) mass is 358 g/mol. The van der Waals surface area contributed by atoms with E-state index in [-0.39, 0.29) is 18.0 Å². The van der Waals surface area contributed by atoms with Gasteiger partial charge in [-0.25, -0.2) is 4.79 Å². The molecular formula is C20H26N2O4. The number of carbonyl (C=O) groups excluding carboxylic acids is 1. The second-order valence-electron chi connectivity index (χ2n) is 7.83. The van der Waals surface area contributed by atoms with Gasteiger partial charge in [-0.15, -0.1) is 0 Å². The Kier molecular flexibility index (Phi) is 4.29. The van der Waals surface area contributed by atoms with Gasteiger partial charge in [-0.2, -0.15) is 0 Å². The van der Waals surface area contributed by atoms with E-state index >= 15 is 0 Å². The number of carboxylic acid groups (broad SMARTS) is 1. The maximum atomic E-state index is 12.6. The predicted molar refractivity (Wildman–Crippen MR) is 96.3 cm³/mol. The number of carbonyl (C=O) groups is 2. The number of urea groups is 1.